The highest BCUT2D eigenvalue weighted by Crippen LogP contribution is 2.27. The predicted octanol–water partition coefficient (Wildman–Crippen LogP) is 4.47. The molecule has 2 aromatic carbocycles. The minimum absolute atomic E-state index is 0.196. The second kappa shape index (κ2) is 10.6. The van der Waals surface area contributed by atoms with Crippen molar-refractivity contribution in [3.63, 3.8) is 0 Å². The highest BCUT2D eigenvalue weighted by atomic mass is 16.2. The lowest BCUT2D eigenvalue weighted by molar-refractivity contribution is -0.121. The number of benzene rings is 2. The molecule has 7 heteroatoms. The molecule has 0 atom stereocenters. The number of hydrazine groups is 1. The molecule has 1 amide bonds. The Morgan fingerprint density at radius 2 is 1.41 bits per heavy atom. The Labute approximate surface area is 188 Å². The Bertz CT molecular complexity index is 964. The van der Waals surface area contributed by atoms with E-state index >= 15 is 0 Å². The summed E-state index contributed by atoms with van der Waals surface area (Å²) in [6, 6.07) is 19.8. The molecule has 1 aliphatic carbocycles. The van der Waals surface area contributed by atoms with Gasteiger partial charge in [0.05, 0.1) is 5.92 Å². The third-order valence-electron chi connectivity index (χ3n) is 5.91. The summed E-state index contributed by atoms with van der Waals surface area (Å²) in [5.41, 5.74) is 14.2. The third-order valence-corrected chi connectivity index (χ3v) is 5.91. The van der Waals surface area contributed by atoms with Crippen molar-refractivity contribution in [2.75, 3.05) is 16.5 Å². The van der Waals surface area contributed by atoms with E-state index in [9.17, 15) is 4.79 Å². The van der Waals surface area contributed by atoms with Crippen LogP contribution in [0.2, 0.25) is 0 Å². The molecule has 0 aliphatic heterocycles. The Hall–Kier alpha value is -3.61. The molecule has 1 aromatic heterocycles. The van der Waals surface area contributed by atoms with Gasteiger partial charge in [0.25, 0.3) is 0 Å². The van der Waals surface area contributed by atoms with Crippen molar-refractivity contribution in [1.29, 1.82) is 0 Å². The number of anilines is 3. The predicted molar refractivity (Wildman–Crippen MR) is 128 cm³/mol. The molecule has 1 aliphatic rings. The van der Waals surface area contributed by atoms with E-state index in [0.29, 0.717) is 23.4 Å². The number of aromatic nitrogens is 2. The number of nitrogens with two attached hydrogens (primary N) is 1. The van der Waals surface area contributed by atoms with Crippen molar-refractivity contribution in [1.82, 2.24) is 15.4 Å². The van der Waals surface area contributed by atoms with Gasteiger partial charge in [0, 0.05) is 6.04 Å². The van der Waals surface area contributed by atoms with Gasteiger partial charge in [-0.15, -0.1) is 0 Å². The van der Waals surface area contributed by atoms with Crippen molar-refractivity contribution in [2.24, 2.45) is 0 Å². The maximum Gasteiger partial charge on any atom is 0.250 e. The first-order chi connectivity index (χ1) is 15.7. The first kappa shape index (κ1) is 21.6. The second-order valence-corrected chi connectivity index (χ2v) is 8.19. The molecule has 4 rings (SSSR count). The Kier molecular flexibility index (Phi) is 7.17. The quantitative estimate of drug-likeness (QED) is 0.326. The number of nitrogens with one attached hydrogen (secondary N) is 3. The van der Waals surface area contributed by atoms with Crippen LogP contribution < -0.4 is 21.9 Å². The standard InChI is InChI=1S/C25H30N6O/c26-22-23(29-20-15-9-1-2-10-16-20)27-17-28-24(22)30-31-25(32)21(18-11-5-3-6-12-18)19-13-7-4-8-14-19/h3-8,11-14,17,20-21H,1-2,9-10,15-16,26H2,(H,31,32)(H2,27,28,29,30). The number of nitrogen functional groups attached to an aromatic ring is 1. The lowest BCUT2D eigenvalue weighted by Gasteiger charge is -2.20. The fourth-order valence-corrected chi connectivity index (χ4v) is 4.21. The number of nitrogens with zero attached hydrogens (tertiary/aromatic N) is 2. The molecule has 0 radical (unpaired) electrons. The lowest BCUT2D eigenvalue weighted by atomic mass is 9.91. The van der Waals surface area contributed by atoms with Gasteiger partial charge in [-0.2, -0.15) is 0 Å². The minimum Gasteiger partial charge on any atom is -0.393 e. The molecule has 7 nitrogen and oxygen atoms in total. The fourth-order valence-electron chi connectivity index (χ4n) is 4.21. The highest BCUT2D eigenvalue weighted by molar-refractivity contribution is 5.88. The average Bonchev–Trinajstić information content (AvgIpc) is 3.10. The van der Waals surface area contributed by atoms with Crippen LogP contribution in [0, 0.1) is 0 Å². The van der Waals surface area contributed by atoms with E-state index in [4.69, 9.17) is 5.73 Å². The van der Waals surface area contributed by atoms with E-state index in [1.807, 2.05) is 60.7 Å². The SMILES string of the molecule is Nc1c(NNC(=O)C(c2ccccc2)c2ccccc2)ncnc1NC1CCCCCC1. The summed E-state index contributed by atoms with van der Waals surface area (Å²) in [6.45, 7) is 0. The van der Waals surface area contributed by atoms with Crippen LogP contribution in [0.4, 0.5) is 17.3 Å². The number of hydrogen-bond donors (Lipinski definition) is 4. The van der Waals surface area contributed by atoms with Gasteiger partial charge in [0.15, 0.2) is 11.6 Å². The normalized spacial score (nSPS) is 14.5. The van der Waals surface area contributed by atoms with E-state index in [0.717, 1.165) is 24.0 Å². The molecule has 1 saturated carbocycles. The zero-order valence-corrected chi connectivity index (χ0v) is 18.1. The molecule has 166 valence electrons. The van der Waals surface area contributed by atoms with Crippen LogP contribution in [0.3, 0.4) is 0 Å². The molecular formula is C25H30N6O. The van der Waals surface area contributed by atoms with Gasteiger partial charge in [0.1, 0.15) is 12.0 Å². The third kappa shape index (κ3) is 5.35. The summed E-state index contributed by atoms with van der Waals surface area (Å²) >= 11 is 0. The summed E-state index contributed by atoms with van der Waals surface area (Å²) in [5.74, 6) is 0.325. The average molecular weight is 431 g/mol. The first-order valence-corrected chi connectivity index (χ1v) is 11.2. The fraction of sp³-hybridized carbons (Fsp3) is 0.320. The summed E-state index contributed by atoms with van der Waals surface area (Å²) in [5, 5.41) is 3.46. The van der Waals surface area contributed by atoms with Crippen molar-refractivity contribution in [2.45, 2.75) is 50.5 Å². The number of amides is 1. The summed E-state index contributed by atoms with van der Waals surface area (Å²) < 4.78 is 0. The zero-order valence-electron chi connectivity index (χ0n) is 18.1. The maximum atomic E-state index is 13.2. The van der Waals surface area contributed by atoms with Gasteiger partial charge in [-0.05, 0) is 24.0 Å². The minimum atomic E-state index is -0.462. The van der Waals surface area contributed by atoms with Gasteiger partial charge in [-0.25, -0.2) is 9.97 Å². The monoisotopic (exact) mass is 430 g/mol. The van der Waals surface area contributed by atoms with E-state index in [-0.39, 0.29) is 5.91 Å². The van der Waals surface area contributed by atoms with Gasteiger partial charge in [0.2, 0.25) is 5.91 Å². The first-order valence-electron chi connectivity index (χ1n) is 11.2. The number of hydrogen-bond acceptors (Lipinski definition) is 6. The van der Waals surface area contributed by atoms with Gasteiger partial charge in [-0.3, -0.25) is 15.6 Å². The second-order valence-electron chi connectivity index (χ2n) is 8.19. The molecule has 1 fully saturated rings. The number of carbonyl (C=O) groups is 1. The van der Waals surface area contributed by atoms with Crippen LogP contribution in [-0.4, -0.2) is 21.9 Å². The van der Waals surface area contributed by atoms with Crippen LogP contribution in [0.1, 0.15) is 55.6 Å². The van der Waals surface area contributed by atoms with Crippen LogP contribution in [0.25, 0.3) is 0 Å². The maximum absolute atomic E-state index is 13.2. The van der Waals surface area contributed by atoms with E-state index in [1.54, 1.807) is 0 Å². The van der Waals surface area contributed by atoms with Gasteiger partial charge < -0.3 is 11.1 Å². The molecule has 5 N–H and O–H groups in total. The largest absolute Gasteiger partial charge is 0.393 e. The molecule has 3 aromatic rings. The Balaban J connectivity index is 1.47. The molecular weight excluding hydrogens is 400 g/mol. The molecule has 32 heavy (non-hydrogen) atoms. The van der Waals surface area contributed by atoms with Crippen molar-refractivity contribution in [3.8, 4) is 0 Å². The zero-order chi connectivity index (χ0) is 22.2. The summed E-state index contributed by atoms with van der Waals surface area (Å²) in [4.78, 5) is 21.7. The topological polar surface area (TPSA) is 105 Å². The Morgan fingerprint density at radius 3 is 2.00 bits per heavy atom. The van der Waals surface area contributed by atoms with Crippen LogP contribution in [-0.2, 0) is 4.79 Å². The molecule has 0 unspecified atom stereocenters. The highest BCUT2D eigenvalue weighted by Gasteiger charge is 2.23. The molecule has 0 bridgehead atoms. The number of rotatable bonds is 7. The molecule has 1 heterocycles. The van der Waals surface area contributed by atoms with E-state index < -0.39 is 5.92 Å². The molecule has 0 saturated heterocycles. The Morgan fingerprint density at radius 1 is 0.844 bits per heavy atom. The summed E-state index contributed by atoms with van der Waals surface area (Å²) in [6.07, 6.45) is 8.65. The van der Waals surface area contributed by atoms with Crippen molar-refractivity contribution >= 4 is 23.2 Å². The summed E-state index contributed by atoms with van der Waals surface area (Å²) in [7, 11) is 0. The number of carbonyl (C=O) groups excluding carboxylic acids is 1. The molecule has 0 spiro atoms. The van der Waals surface area contributed by atoms with Crippen LogP contribution in [0.15, 0.2) is 67.0 Å². The lowest BCUT2D eigenvalue weighted by Crippen LogP contribution is -2.35. The van der Waals surface area contributed by atoms with E-state index in [1.165, 1.54) is 32.0 Å². The van der Waals surface area contributed by atoms with Gasteiger partial charge >= 0.3 is 0 Å². The van der Waals surface area contributed by atoms with Crippen molar-refractivity contribution in [3.05, 3.63) is 78.1 Å². The van der Waals surface area contributed by atoms with Crippen molar-refractivity contribution < 1.29 is 4.79 Å². The van der Waals surface area contributed by atoms with Crippen LogP contribution in [0.5, 0.6) is 0 Å². The smallest absolute Gasteiger partial charge is 0.250 e. The van der Waals surface area contributed by atoms with Crippen LogP contribution >= 0.6 is 0 Å². The van der Waals surface area contributed by atoms with E-state index in [2.05, 4.69) is 26.1 Å². The van der Waals surface area contributed by atoms with Gasteiger partial charge in [-0.1, -0.05) is 86.3 Å².